The van der Waals surface area contributed by atoms with Crippen LogP contribution in [0.1, 0.15) is 18.9 Å². The summed E-state index contributed by atoms with van der Waals surface area (Å²) in [5.74, 6) is 0.741. The first-order valence-electron chi connectivity index (χ1n) is 5.46. The van der Waals surface area contributed by atoms with E-state index in [9.17, 15) is 4.21 Å². The largest absolute Gasteiger partial charge is 0.310 e. The zero-order chi connectivity index (χ0) is 12.8. The SMILES string of the molecule is CC(CCS(C)=O)NCc1cc(Cl)ccc1Br. The molecular formula is C12H17BrClNOS. The summed E-state index contributed by atoms with van der Waals surface area (Å²) in [6, 6.07) is 6.11. The summed E-state index contributed by atoms with van der Waals surface area (Å²) in [6.07, 6.45) is 2.65. The monoisotopic (exact) mass is 337 g/mol. The predicted molar refractivity (Wildman–Crippen MR) is 79.0 cm³/mol. The molecule has 2 unspecified atom stereocenters. The van der Waals surface area contributed by atoms with Crippen LogP contribution in [0.15, 0.2) is 22.7 Å². The molecule has 1 aromatic carbocycles. The van der Waals surface area contributed by atoms with Crippen LogP contribution >= 0.6 is 27.5 Å². The Hall–Kier alpha value is 0.1000. The van der Waals surface area contributed by atoms with E-state index in [4.69, 9.17) is 11.6 Å². The van der Waals surface area contributed by atoms with Gasteiger partial charge in [-0.2, -0.15) is 0 Å². The van der Waals surface area contributed by atoms with Gasteiger partial charge in [-0.1, -0.05) is 27.5 Å². The molecule has 5 heteroatoms. The van der Waals surface area contributed by atoms with Crippen LogP contribution in [0.3, 0.4) is 0 Å². The van der Waals surface area contributed by atoms with Crippen molar-refractivity contribution in [3.8, 4) is 0 Å². The van der Waals surface area contributed by atoms with Crippen molar-refractivity contribution in [1.29, 1.82) is 0 Å². The molecule has 0 saturated carbocycles. The fourth-order valence-electron chi connectivity index (χ4n) is 1.41. The van der Waals surface area contributed by atoms with Gasteiger partial charge in [0.25, 0.3) is 0 Å². The average Bonchev–Trinajstić information content (AvgIpc) is 2.27. The van der Waals surface area contributed by atoms with E-state index in [0.717, 1.165) is 33.8 Å². The molecule has 0 aliphatic carbocycles. The Balaban J connectivity index is 2.44. The van der Waals surface area contributed by atoms with Crippen molar-refractivity contribution in [2.45, 2.75) is 25.9 Å². The van der Waals surface area contributed by atoms with Crippen molar-refractivity contribution in [3.63, 3.8) is 0 Å². The van der Waals surface area contributed by atoms with Gasteiger partial charge in [0.1, 0.15) is 0 Å². The second kappa shape index (κ2) is 7.52. The number of rotatable bonds is 6. The molecule has 0 radical (unpaired) electrons. The van der Waals surface area contributed by atoms with Gasteiger partial charge in [0.2, 0.25) is 0 Å². The Kier molecular flexibility index (Phi) is 6.70. The highest BCUT2D eigenvalue weighted by Gasteiger charge is 2.05. The molecule has 96 valence electrons. The summed E-state index contributed by atoms with van der Waals surface area (Å²) in [5, 5.41) is 4.14. The first-order chi connectivity index (χ1) is 7.99. The van der Waals surface area contributed by atoms with Crippen molar-refractivity contribution in [1.82, 2.24) is 5.32 Å². The predicted octanol–water partition coefficient (Wildman–Crippen LogP) is 3.35. The van der Waals surface area contributed by atoms with E-state index in [1.807, 2.05) is 18.2 Å². The van der Waals surface area contributed by atoms with Crippen LogP contribution in [-0.4, -0.2) is 22.3 Å². The topological polar surface area (TPSA) is 29.1 Å². The molecule has 0 fully saturated rings. The number of benzene rings is 1. The summed E-state index contributed by atoms with van der Waals surface area (Å²) in [4.78, 5) is 0. The smallest absolute Gasteiger partial charge is 0.0410 e. The van der Waals surface area contributed by atoms with Crippen molar-refractivity contribution in [3.05, 3.63) is 33.3 Å². The van der Waals surface area contributed by atoms with Gasteiger partial charge in [-0.3, -0.25) is 4.21 Å². The molecule has 2 atom stereocenters. The number of hydrogen-bond acceptors (Lipinski definition) is 2. The molecule has 2 nitrogen and oxygen atoms in total. The van der Waals surface area contributed by atoms with Gasteiger partial charge < -0.3 is 5.32 Å². The van der Waals surface area contributed by atoms with Gasteiger partial charge in [-0.15, -0.1) is 0 Å². The van der Waals surface area contributed by atoms with E-state index >= 15 is 0 Å². The van der Waals surface area contributed by atoms with E-state index in [1.165, 1.54) is 0 Å². The Labute approximate surface area is 119 Å². The van der Waals surface area contributed by atoms with E-state index in [1.54, 1.807) is 6.26 Å². The zero-order valence-corrected chi connectivity index (χ0v) is 13.2. The zero-order valence-electron chi connectivity index (χ0n) is 10.0. The van der Waals surface area contributed by atoms with Gasteiger partial charge in [-0.25, -0.2) is 0 Å². The van der Waals surface area contributed by atoms with E-state index in [0.29, 0.717) is 6.04 Å². The van der Waals surface area contributed by atoms with Crippen molar-refractivity contribution < 1.29 is 4.21 Å². The molecule has 0 aromatic heterocycles. The van der Waals surface area contributed by atoms with Crippen LogP contribution in [0.2, 0.25) is 5.02 Å². The third kappa shape index (κ3) is 6.00. The molecule has 0 spiro atoms. The molecule has 0 amide bonds. The van der Waals surface area contributed by atoms with Crippen LogP contribution in [0.25, 0.3) is 0 Å². The fourth-order valence-corrected chi connectivity index (χ4v) is 2.67. The van der Waals surface area contributed by atoms with Gasteiger partial charge in [0.15, 0.2) is 0 Å². The van der Waals surface area contributed by atoms with Crippen LogP contribution < -0.4 is 5.32 Å². The summed E-state index contributed by atoms with van der Waals surface area (Å²) in [7, 11) is -0.713. The molecule has 0 aliphatic heterocycles. The number of nitrogens with one attached hydrogen (secondary N) is 1. The lowest BCUT2D eigenvalue weighted by molar-refractivity contribution is 0.534. The summed E-state index contributed by atoms with van der Waals surface area (Å²) >= 11 is 9.44. The van der Waals surface area contributed by atoms with Crippen molar-refractivity contribution in [2.24, 2.45) is 0 Å². The second-order valence-corrected chi connectivity index (χ2v) is 6.93. The van der Waals surface area contributed by atoms with Gasteiger partial charge in [0, 0.05) is 44.9 Å². The molecule has 0 heterocycles. The van der Waals surface area contributed by atoms with E-state index < -0.39 is 10.8 Å². The van der Waals surface area contributed by atoms with E-state index in [-0.39, 0.29) is 0 Å². The second-order valence-electron chi connectivity index (χ2n) is 4.08. The van der Waals surface area contributed by atoms with Gasteiger partial charge >= 0.3 is 0 Å². The summed E-state index contributed by atoms with van der Waals surface area (Å²) in [6.45, 7) is 2.87. The minimum absolute atomic E-state index is 0.352. The van der Waals surface area contributed by atoms with Gasteiger partial charge in [0.05, 0.1) is 0 Å². The van der Waals surface area contributed by atoms with Crippen LogP contribution in [0, 0.1) is 0 Å². The first-order valence-corrected chi connectivity index (χ1v) is 8.36. The molecule has 0 bridgehead atoms. The molecule has 0 saturated heterocycles. The van der Waals surface area contributed by atoms with Crippen molar-refractivity contribution >= 4 is 38.3 Å². The molecule has 1 N–H and O–H groups in total. The maximum absolute atomic E-state index is 11.0. The maximum Gasteiger partial charge on any atom is 0.0410 e. The molecule has 1 aromatic rings. The Morgan fingerprint density at radius 3 is 2.88 bits per heavy atom. The normalized spacial score (nSPS) is 14.6. The van der Waals surface area contributed by atoms with Crippen LogP contribution in [-0.2, 0) is 17.3 Å². The minimum atomic E-state index is -0.713. The highest BCUT2D eigenvalue weighted by Crippen LogP contribution is 2.21. The lowest BCUT2D eigenvalue weighted by Crippen LogP contribution is -2.27. The Morgan fingerprint density at radius 1 is 1.53 bits per heavy atom. The quantitative estimate of drug-likeness (QED) is 0.862. The Bertz CT molecular complexity index is 400. The maximum atomic E-state index is 11.0. The molecule has 1 rings (SSSR count). The number of halogens is 2. The van der Waals surface area contributed by atoms with Crippen molar-refractivity contribution in [2.75, 3.05) is 12.0 Å². The first kappa shape index (κ1) is 15.2. The van der Waals surface area contributed by atoms with Crippen LogP contribution in [0.4, 0.5) is 0 Å². The summed E-state index contributed by atoms with van der Waals surface area (Å²) < 4.78 is 12.0. The third-order valence-corrected chi connectivity index (χ3v) is 4.31. The number of hydrogen-bond donors (Lipinski definition) is 1. The lowest BCUT2D eigenvalue weighted by Gasteiger charge is -2.14. The average molecular weight is 339 g/mol. The fraction of sp³-hybridized carbons (Fsp3) is 0.500. The van der Waals surface area contributed by atoms with E-state index in [2.05, 4.69) is 28.2 Å². The highest BCUT2D eigenvalue weighted by molar-refractivity contribution is 9.10. The third-order valence-electron chi connectivity index (χ3n) is 2.49. The molecular weight excluding hydrogens is 322 g/mol. The van der Waals surface area contributed by atoms with Crippen LogP contribution in [0.5, 0.6) is 0 Å². The highest BCUT2D eigenvalue weighted by atomic mass is 79.9. The Morgan fingerprint density at radius 2 is 2.24 bits per heavy atom. The minimum Gasteiger partial charge on any atom is -0.310 e. The lowest BCUT2D eigenvalue weighted by atomic mass is 10.2. The standard InChI is InChI=1S/C12H17BrClNOS/c1-9(5-6-17(2)16)15-8-10-7-11(14)3-4-12(10)13/h3-4,7,9,15H,5-6,8H2,1-2H3. The summed E-state index contributed by atoms with van der Waals surface area (Å²) in [5.41, 5.74) is 1.14. The molecule has 0 aliphatic rings. The van der Waals surface area contributed by atoms with Gasteiger partial charge in [-0.05, 0) is 37.1 Å². The molecule has 17 heavy (non-hydrogen) atoms.